The molecule has 0 aliphatic heterocycles. The minimum Gasteiger partial charge on any atom is -0.347 e. The third kappa shape index (κ3) is 4.04. The summed E-state index contributed by atoms with van der Waals surface area (Å²) in [6, 6.07) is 22.3. The van der Waals surface area contributed by atoms with Gasteiger partial charge in [-0.3, -0.25) is 14.2 Å². The number of carbonyl (C=O) groups excluding carboxylic acids is 1. The average Bonchev–Trinajstić information content (AvgIpc) is 2.64. The summed E-state index contributed by atoms with van der Waals surface area (Å²) in [6.45, 7) is 2.80. The molecule has 0 saturated heterocycles. The standard InChI is InChI=1S/C21H20N2O2/c1-16-8-5-6-11-18(16)15-23-19(12-7-13-20(23)24)21(25)22-14-17-9-3-2-4-10-17/h2-13H,14-15H2,1H3,(H,22,25). The highest BCUT2D eigenvalue weighted by Crippen LogP contribution is 2.10. The Bertz CT molecular complexity index is 930. The van der Waals surface area contributed by atoms with Crippen LogP contribution in [0, 0.1) is 6.92 Å². The quantitative estimate of drug-likeness (QED) is 0.780. The van der Waals surface area contributed by atoms with Crippen LogP contribution in [0.1, 0.15) is 27.2 Å². The molecule has 0 radical (unpaired) electrons. The number of rotatable bonds is 5. The van der Waals surface area contributed by atoms with Gasteiger partial charge in [0.2, 0.25) is 0 Å². The maximum absolute atomic E-state index is 12.6. The van der Waals surface area contributed by atoms with Crippen LogP contribution in [0.4, 0.5) is 0 Å². The van der Waals surface area contributed by atoms with Gasteiger partial charge in [0.15, 0.2) is 0 Å². The molecule has 25 heavy (non-hydrogen) atoms. The number of aryl methyl sites for hydroxylation is 1. The summed E-state index contributed by atoms with van der Waals surface area (Å²) in [5.74, 6) is -0.255. The van der Waals surface area contributed by atoms with Gasteiger partial charge in [-0.1, -0.05) is 60.7 Å². The molecule has 126 valence electrons. The SMILES string of the molecule is Cc1ccccc1Cn1c(C(=O)NCc2ccccc2)cccc1=O. The number of aromatic nitrogens is 1. The van der Waals surface area contributed by atoms with E-state index in [2.05, 4.69) is 5.32 Å². The Morgan fingerprint density at radius 2 is 1.64 bits per heavy atom. The fourth-order valence-corrected chi connectivity index (χ4v) is 2.71. The van der Waals surface area contributed by atoms with Crippen molar-refractivity contribution in [2.45, 2.75) is 20.0 Å². The molecule has 0 spiro atoms. The number of hydrogen-bond donors (Lipinski definition) is 1. The molecule has 1 amide bonds. The van der Waals surface area contributed by atoms with Crippen LogP contribution in [0.3, 0.4) is 0 Å². The zero-order valence-electron chi connectivity index (χ0n) is 14.1. The number of hydrogen-bond acceptors (Lipinski definition) is 2. The van der Waals surface area contributed by atoms with Gasteiger partial charge in [0.05, 0.1) is 6.54 Å². The molecular weight excluding hydrogens is 312 g/mol. The van der Waals surface area contributed by atoms with Crippen molar-refractivity contribution in [1.82, 2.24) is 9.88 Å². The van der Waals surface area contributed by atoms with Crippen LogP contribution in [0.5, 0.6) is 0 Å². The third-order valence-corrected chi connectivity index (χ3v) is 4.17. The third-order valence-electron chi connectivity index (χ3n) is 4.17. The van der Waals surface area contributed by atoms with Gasteiger partial charge in [-0.25, -0.2) is 0 Å². The summed E-state index contributed by atoms with van der Waals surface area (Å²) < 4.78 is 1.52. The molecule has 4 nitrogen and oxygen atoms in total. The highest BCUT2D eigenvalue weighted by Gasteiger charge is 2.13. The van der Waals surface area contributed by atoms with Crippen molar-refractivity contribution < 1.29 is 4.79 Å². The predicted octanol–water partition coefficient (Wildman–Crippen LogP) is 3.14. The molecule has 0 fully saturated rings. The Labute approximate surface area is 146 Å². The molecule has 0 aliphatic rings. The molecule has 1 heterocycles. The summed E-state index contributed by atoms with van der Waals surface area (Å²) in [5, 5.41) is 2.88. The zero-order valence-corrected chi connectivity index (χ0v) is 14.1. The molecule has 0 atom stereocenters. The minimum atomic E-state index is -0.255. The van der Waals surface area contributed by atoms with Gasteiger partial charge < -0.3 is 5.32 Å². The van der Waals surface area contributed by atoms with Crippen molar-refractivity contribution in [2.75, 3.05) is 0 Å². The lowest BCUT2D eigenvalue weighted by molar-refractivity contribution is 0.0940. The topological polar surface area (TPSA) is 51.1 Å². The van der Waals surface area contributed by atoms with Crippen molar-refractivity contribution in [2.24, 2.45) is 0 Å². The Kier molecular flexibility index (Phi) is 5.09. The number of nitrogens with one attached hydrogen (secondary N) is 1. The van der Waals surface area contributed by atoms with Crippen molar-refractivity contribution in [3.05, 3.63) is 106 Å². The van der Waals surface area contributed by atoms with Gasteiger partial charge in [-0.2, -0.15) is 0 Å². The van der Waals surface area contributed by atoms with E-state index in [0.717, 1.165) is 16.7 Å². The van der Waals surface area contributed by atoms with E-state index in [1.165, 1.54) is 10.6 Å². The summed E-state index contributed by atoms with van der Waals surface area (Å²) in [5.41, 5.74) is 3.31. The second-order valence-electron chi connectivity index (χ2n) is 5.93. The lowest BCUT2D eigenvalue weighted by Crippen LogP contribution is -2.32. The first kappa shape index (κ1) is 16.7. The highest BCUT2D eigenvalue weighted by molar-refractivity contribution is 5.92. The minimum absolute atomic E-state index is 0.185. The normalized spacial score (nSPS) is 10.4. The lowest BCUT2D eigenvalue weighted by Gasteiger charge is -2.14. The van der Waals surface area contributed by atoms with Crippen LogP contribution in [0.25, 0.3) is 0 Å². The Morgan fingerprint density at radius 1 is 0.920 bits per heavy atom. The average molecular weight is 332 g/mol. The first-order valence-electron chi connectivity index (χ1n) is 8.21. The van der Waals surface area contributed by atoms with E-state index in [1.807, 2.05) is 61.5 Å². The second kappa shape index (κ2) is 7.62. The molecule has 3 rings (SSSR count). The molecule has 0 bridgehead atoms. The fourth-order valence-electron chi connectivity index (χ4n) is 2.71. The van der Waals surface area contributed by atoms with Crippen LogP contribution in [0.2, 0.25) is 0 Å². The van der Waals surface area contributed by atoms with E-state index >= 15 is 0 Å². The summed E-state index contributed by atoms with van der Waals surface area (Å²) in [7, 11) is 0. The number of nitrogens with zero attached hydrogens (tertiary/aromatic N) is 1. The Hall–Kier alpha value is -3.14. The van der Waals surface area contributed by atoms with Crippen molar-refractivity contribution in [1.29, 1.82) is 0 Å². The maximum Gasteiger partial charge on any atom is 0.268 e. The second-order valence-corrected chi connectivity index (χ2v) is 5.93. The van der Waals surface area contributed by atoms with E-state index in [1.54, 1.807) is 12.1 Å². The van der Waals surface area contributed by atoms with Crippen molar-refractivity contribution in [3.63, 3.8) is 0 Å². The molecule has 0 aliphatic carbocycles. The fraction of sp³-hybridized carbons (Fsp3) is 0.143. The molecule has 3 aromatic rings. The Morgan fingerprint density at radius 3 is 2.40 bits per heavy atom. The lowest BCUT2D eigenvalue weighted by atomic mass is 10.1. The monoisotopic (exact) mass is 332 g/mol. The van der Waals surface area contributed by atoms with Crippen LogP contribution in [-0.4, -0.2) is 10.5 Å². The van der Waals surface area contributed by atoms with Crippen LogP contribution in [0.15, 0.2) is 77.6 Å². The summed E-state index contributed by atoms with van der Waals surface area (Å²) in [4.78, 5) is 24.9. The van der Waals surface area contributed by atoms with Gasteiger partial charge in [0, 0.05) is 12.6 Å². The van der Waals surface area contributed by atoms with E-state index < -0.39 is 0 Å². The molecule has 0 unspecified atom stereocenters. The van der Waals surface area contributed by atoms with Gasteiger partial charge in [-0.15, -0.1) is 0 Å². The zero-order chi connectivity index (χ0) is 17.6. The van der Waals surface area contributed by atoms with E-state index in [0.29, 0.717) is 18.8 Å². The Balaban J connectivity index is 1.84. The molecule has 4 heteroatoms. The van der Waals surface area contributed by atoms with E-state index in [4.69, 9.17) is 0 Å². The van der Waals surface area contributed by atoms with Gasteiger partial charge in [0.25, 0.3) is 11.5 Å². The van der Waals surface area contributed by atoms with Crippen LogP contribution < -0.4 is 10.9 Å². The number of amides is 1. The molecule has 1 aromatic heterocycles. The van der Waals surface area contributed by atoms with Gasteiger partial charge >= 0.3 is 0 Å². The van der Waals surface area contributed by atoms with Gasteiger partial charge in [-0.05, 0) is 29.7 Å². The largest absolute Gasteiger partial charge is 0.347 e. The smallest absolute Gasteiger partial charge is 0.268 e. The molecular formula is C21H20N2O2. The first-order valence-corrected chi connectivity index (χ1v) is 8.21. The molecule has 0 saturated carbocycles. The van der Waals surface area contributed by atoms with Gasteiger partial charge in [0.1, 0.15) is 5.69 Å². The van der Waals surface area contributed by atoms with E-state index in [-0.39, 0.29) is 11.5 Å². The van der Waals surface area contributed by atoms with Crippen LogP contribution in [-0.2, 0) is 13.1 Å². The first-order chi connectivity index (χ1) is 12.1. The van der Waals surface area contributed by atoms with Crippen molar-refractivity contribution in [3.8, 4) is 0 Å². The number of benzene rings is 2. The predicted molar refractivity (Wildman–Crippen MR) is 98.6 cm³/mol. The van der Waals surface area contributed by atoms with Crippen molar-refractivity contribution >= 4 is 5.91 Å². The van der Waals surface area contributed by atoms with E-state index in [9.17, 15) is 9.59 Å². The number of carbonyl (C=O) groups is 1. The summed E-state index contributed by atoms with van der Waals surface area (Å²) in [6.07, 6.45) is 0. The summed E-state index contributed by atoms with van der Waals surface area (Å²) >= 11 is 0. The highest BCUT2D eigenvalue weighted by atomic mass is 16.2. The number of pyridine rings is 1. The molecule has 1 N–H and O–H groups in total. The molecule has 2 aromatic carbocycles. The maximum atomic E-state index is 12.6. The van der Waals surface area contributed by atoms with Crippen LogP contribution >= 0.6 is 0 Å².